The molecule has 16 heavy (non-hydrogen) atoms. The molecule has 0 atom stereocenters. The van der Waals surface area contributed by atoms with Crippen molar-refractivity contribution in [2.45, 2.75) is 19.8 Å². The lowest BCUT2D eigenvalue weighted by Gasteiger charge is -2.01. The number of esters is 1. The smallest absolute Gasteiger partial charge is 0.367 e. The zero-order valence-electron chi connectivity index (χ0n) is 9.28. The summed E-state index contributed by atoms with van der Waals surface area (Å²) in [6.07, 6.45) is 2.84. The van der Waals surface area contributed by atoms with E-state index in [1.54, 1.807) is 24.3 Å². The molecule has 86 valence electrons. The standard InChI is InChI=1S/C13H15FO2/c1-2-3-9-16-13(15)12(14)10-11-7-5-4-6-8-11/h4-8,10H,2-3,9H2,1H3. The zero-order chi connectivity index (χ0) is 11.8. The Morgan fingerprint density at radius 3 is 2.69 bits per heavy atom. The largest absolute Gasteiger partial charge is 0.460 e. The first-order valence-electron chi connectivity index (χ1n) is 5.33. The predicted molar refractivity (Wildman–Crippen MR) is 61.4 cm³/mol. The van der Waals surface area contributed by atoms with Crippen molar-refractivity contribution in [2.75, 3.05) is 6.61 Å². The Bertz CT molecular complexity index is 357. The van der Waals surface area contributed by atoms with Gasteiger partial charge < -0.3 is 4.74 Å². The number of rotatable bonds is 5. The highest BCUT2D eigenvalue weighted by atomic mass is 19.1. The first-order valence-corrected chi connectivity index (χ1v) is 5.33. The Morgan fingerprint density at radius 2 is 2.06 bits per heavy atom. The van der Waals surface area contributed by atoms with Crippen LogP contribution in [0, 0.1) is 0 Å². The molecule has 1 aromatic rings. The van der Waals surface area contributed by atoms with Crippen LogP contribution in [0.25, 0.3) is 6.08 Å². The van der Waals surface area contributed by atoms with Crippen LogP contribution >= 0.6 is 0 Å². The molecule has 0 heterocycles. The molecule has 0 spiro atoms. The normalized spacial score (nSPS) is 11.2. The third-order valence-electron chi connectivity index (χ3n) is 2.02. The van der Waals surface area contributed by atoms with Crippen LogP contribution in [0.2, 0.25) is 0 Å². The molecule has 0 radical (unpaired) electrons. The first kappa shape index (κ1) is 12.4. The summed E-state index contributed by atoms with van der Waals surface area (Å²) < 4.78 is 18.0. The fourth-order valence-electron chi connectivity index (χ4n) is 1.13. The minimum absolute atomic E-state index is 0.269. The summed E-state index contributed by atoms with van der Waals surface area (Å²) in [5, 5.41) is 0. The number of hydrogen-bond acceptors (Lipinski definition) is 2. The van der Waals surface area contributed by atoms with Gasteiger partial charge in [0.25, 0.3) is 0 Å². The van der Waals surface area contributed by atoms with E-state index in [-0.39, 0.29) is 6.61 Å². The van der Waals surface area contributed by atoms with Crippen molar-refractivity contribution in [3.8, 4) is 0 Å². The van der Waals surface area contributed by atoms with E-state index in [0.29, 0.717) is 5.56 Å². The summed E-state index contributed by atoms with van der Waals surface area (Å²) in [6, 6.07) is 8.83. The van der Waals surface area contributed by atoms with E-state index < -0.39 is 11.8 Å². The fourth-order valence-corrected chi connectivity index (χ4v) is 1.13. The molecule has 0 N–H and O–H groups in total. The van der Waals surface area contributed by atoms with Gasteiger partial charge in [0.15, 0.2) is 0 Å². The van der Waals surface area contributed by atoms with Crippen LogP contribution in [-0.4, -0.2) is 12.6 Å². The lowest BCUT2D eigenvalue weighted by molar-refractivity contribution is -0.140. The summed E-state index contributed by atoms with van der Waals surface area (Å²) in [5.74, 6) is -1.75. The summed E-state index contributed by atoms with van der Waals surface area (Å²) in [5.41, 5.74) is 0.646. The topological polar surface area (TPSA) is 26.3 Å². The van der Waals surface area contributed by atoms with Crippen LogP contribution in [0.1, 0.15) is 25.3 Å². The monoisotopic (exact) mass is 222 g/mol. The van der Waals surface area contributed by atoms with Crippen molar-refractivity contribution < 1.29 is 13.9 Å². The SMILES string of the molecule is CCCCOC(=O)C(F)=Cc1ccccc1. The van der Waals surface area contributed by atoms with Gasteiger partial charge in [-0.25, -0.2) is 4.79 Å². The van der Waals surface area contributed by atoms with Crippen molar-refractivity contribution in [3.05, 3.63) is 41.7 Å². The average molecular weight is 222 g/mol. The Hall–Kier alpha value is -1.64. The Kier molecular flexibility index (Phi) is 5.26. The van der Waals surface area contributed by atoms with E-state index in [4.69, 9.17) is 4.74 Å². The number of halogens is 1. The molecular weight excluding hydrogens is 207 g/mol. The van der Waals surface area contributed by atoms with E-state index in [9.17, 15) is 9.18 Å². The van der Waals surface area contributed by atoms with Crippen molar-refractivity contribution in [2.24, 2.45) is 0 Å². The van der Waals surface area contributed by atoms with Crippen molar-refractivity contribution >= 4 is 12.0 Å². The summed E-state index contributed by atoms with van der Waals surface area (Å²) in [6.45, 7) is 2.25. The molecule has 0 aliphatic rings. The van der Waals surface area contributed by atoms with Gasteiger partial charge in [-0.2, -0.15) is 4.39 Å². The maximum absolute atomic E-state index is 13.3. The molecular formula is C13H15FO2. The van der Waals surface area contributed by atoms with Crippen LogP contribution in [0.3, 0.4) is 0 Å². The highest BCUT2D eigenvalue weighted by Crippen LogP contribution is 2.09. The maximum Gasteiger partial charge on any atom is 0.367 e. The molecule has 0 aliphatic carbocycles. The molecule has 0 fully saturated rings. The molecule has 0 amide bonds. The lowest BCUT2D eigenvalue weighted by Crippen LogP contribution is -2.05. The number of carbonyl (C=O) groups is 1. The van der Waals surface area contributed by atoms with Gasteiger partial charge in [-0.05, 0) is 18.1 Å². The second-order valence-corrected chi connectivity index (χ2v) is 3.39. The number of carbonyl (C=O) groups excluding carboxylic acids is 1. The number of benzene rings is 1. The van der Waals surface area contributed by atoms with E-state index in [0.717, 1.165) is 12.8 Å². The summed E-state index contributed by atoms with van der Waals surface area (Å²) >= 11 is 0. The van der Waals surface area contributed by atoms with Crippen LogP contribution in [0.15, 0.2) is 36.2 Å². The van der Waals surface area contributed by atoms with E-state index in [1.807, 2.05) is 13.0 Å². The Morgan fingerprint density at radius 1 is 1.38 bits per heavy atom. The highest BCUT2D eigenvalue weighted by Gasteiger charge is 2.09. The minimum atomic E-state index is -0.891. The van der Waals surface area contributed by atoms with Crippen LogP contribution < -0.4 is 0 Å². The minimum Gasteiger partial charge on any atom is -0.460 e. The van der Waals surface area contributed by atoms with Crippen molar-refractivity contribution in [3.63, 3.8) is 0 Å². The van der Waals surface area contributed by atoms with Gasteiger partial charge in [0.05, 0.1) is 6.61 Å². The number of hydrogen-bond donors (Lipinski definition) is 0. The van der Waals surface area contributed by atoms with Crippen LogP contribution in [0.4, 0.5) is 4.39 Å². The van der Waals surface area contributed by atoms with E-state index >= 15 is 0 Å². The second kappa shape index (κ2) is 6.77. The van der Waals surface area contributed by atoms with Gasteiger partial charge in [-0.3, -0.25) is 0 Å². The van der Waals surface area contributed by atoms with E-state index in [2.05, 4.69) is 0 Å². The average Bonchev–Trinajstić information content (AvgIpc) is 2.30. The Labute approximate surface area is 94.7 Å². The number of ether oxygens (including phenoxy) is 1. The first-order chi connectivity index (χ1) is 7.74. The van der Waals surface area contributed by atoms with Gasteiger partial charge in [0, 0.05) is 0 Å². The van der Waals surface area contributed by atoms with Gasteiger partial charge >= 0.3 is 5.97 Å². The van der Waals surface area contributed by atoms with Gasteiger partial charge in [0.2, 0.25) is 5.83 Å². The zero-order valence-corrected chi connectivity index (χ0v) is 9.28. The molecule has 2 nitrogen and oxygen atoms in total. The molecule has 0 unspecified atom stereocenters. The second-order valence-electron chi connectivity index (χ2n) is 3.39. The van der Waals surface area contributed by atoms with Gasteiger partial charge in [0.1, 0.15) is 0 Å². The summed E-state index contributed by atoms with van der Waals surface area (Å²) in [4.78, 5) is 11.2. The predicted octanol–water partition coefficient (Wildman–Crippen LogP) is 3.34. The molecule has 0 saturated heterocycles. The van der Waals surface area contributed by atoms with Crippen LogP contribution in [0.5, 0.6) is 0 Å². The molecule has 1 aromatic carbocycles. The van der Waals surface area contributed by atoms with Gasteiger partial charge in [-0.15, -0.1) is 0 Å². The van der Waals surface area contributed by atoms with Crippen molar-refractivity contribution in [1.82, 2.24) is 0 Å². The van der Waals surface area contributed by atoms with Gasteiger partial charge in [-0.1, -0.05) is 43.7 Å². The maximum atomic E-state index is 13.3. The lowest BCUT2D eigenvalue weighted by atomic mass is 10.2. The van der Waals surface area contributed by atoms with Crippen LogP contribution in [-0.2, 0) is 9.53 Å². The Balaban J connectivity index is 2.53. The molecule has 0 aliphatic heterocycles. The molecule has 0 bridgehead atoms. The third-order valence-corrected chi connectivity index (χ3v) is 2.02. The molecule has 0 aromatic heterocycles. The number of unbranched alkanes of at least 4 members (excludes halogenated alkanes) is 1. The molecule has 3 heteroatoms. The quantitative estimate of drug-likeness (QED) is 0.434. The highest BCUT2D eigenvalue weighted by molar-refractivity contribution is 5.91. The third kappa shape index (κ3) is 4.26. The molecule has 1 rings (SSSR count). The van der Waals surface area contributed by atoms with Crippen molar-refractivity contribution in [1.29, 1.82) is 0 Å². The molecule has 0 saturated carbocycles. The van der Waals surface area contributed by atoms with E-state index in [1.165, 1.54) is 6.08 Å². The fraction of sp³-hybridized carbons (Fsp3) is 0.308. The summed E-state index contributed by atoms with van der Waals surface area (Å²) in [7, 11) is 0.